The van der Waals surface area contributed by atoms with Crippen LogP contribution in [0.5, 0.6) is 0 Å². The van der Waals surface area contributed by atoms with Gasteiger partial charge < -0.3 is 10.2 Å². The number of nitrogens with zero attached hydrogens (tertiary/aromatic N) is 1. The lowest BCUT2D eigenvalue weighted by atomic mass is 9.73. The second-order valence-corrected chi connectivity index (χ2v) is 7.04. The highest BCUT2D eigenvalue weighted by Crippen LogP contribution is 2.39. The largest absolute Gasteiger partial charge is 0.317 e. The van der Waals surface area contributed by atoms with Crippen LogP contribution in [0, 0.1) is 10.8 Å². The summed E-state index contributed by atoms with van der Waals surface area (Å²) in [5.74, 6) is 0. The first-order chi connectivity index (χ1) is 8.61. The first-order valence-corrected chi connectivity index (χ1v) is 8.04. The van der Waals surface area contributed by atoms with Crippen molar-refractivity contribution in [1.29, 1.82) is 0 Å². The Balaban J connectivity index is 1.82. The molecule has 2 nitrogen and oxygen atoms in total. The third-order valence-electron chi connectivity index (χ3n) is 5.83. The molecule has 0 unspecified atom stereocenters. The van der Waals surface area contributed by atoms with E-state index in [9.17, 15) is 0 Å². The SMILES string of the molecule is CCC1(CC)CCN(CC2(C)CCNCC2)CC1. The van der Waals surface area contributed by atoms with Gasteiger partial charge in [-0.1, -0.05) is 33.6 Å². The van der Waals surface area contributed by atoms with Gasteiger partial charge in [0, 0.05) is 6.54 Å². The molecule has 2 heterocycles. The Hall–Kier alpha value is -0.0800. The minimum absolute atomic E-state index is 0.573. The summed E-state index contributed by atoms with van der Waals surface area (Å²) in [4.78, 5) is 2.74. The molecular formula is C16H32N2. The molecule has 0 bridgehead atoms. The molecule has 2 fully saturated rings. The van der Waals surface area contributed by atoms with Crippen molar-refractivity contribution in [2.24, 2.45) is 10.8 Å². The van der Waals surface area contributed by atoms with Crippen LogP contribution in [0.2, 0.25) is 0 Å². The van der Waals surface area contributed by atoms with Gasteiger partial charge in [-0.05, 0) is 62.7 Å². The van der Waals surface area contributed by atoms with Crippen molar-refractivity contribution in [1.82, 2.24) is 10.2 Å². The molecule has 0 aromatic heterocycles. The molecule has 0 aromatic rings. The minimum Gasteiger partial charge on any atom is -0.317 e. The molecule has 2 aliphatic heterocycles. The number of likely N-dealkylation sites (tertiary alicyclic amines) is 1. The molecule has 2 heteroatoms. The third-order valence-corrected chi connectivity index (χ3v) is 5.83. The fourth-order valence-corrected chi connectivity index (χ4v) is 3.87. The molecule has 2 saturated heterocycles. The van der Waals surface area contributed by atoms with Crippen molar-refractivity contribution in [2.45, 2.75) is 59.3 Å². The highest BCUT2D eigenvalue weighted by atomic mass is 15.1. The zero-order valence-corrected chi connectivity index (χ0v) is 12.7. The second kappa shape index (κ2) is 5.92. The maximum atomic E-state index is 3.49. The van der Waals surface area contributed by atoms with Gasteiger partial charge in [-0.3, -0.25) is 0 Å². The number of hydrogen-bond donors (Lipinski definition) is 1. The summed E-state index contributed by atoms with van der Waals surface area (Å²) < 4.78 is 0. The smallest absolute Gasteiger partial charge is 0.00363 e. The van der Waals surface area contributed by atoms with Crippen LogP contribution in [0.4, 0.5) is 0 Å². The molecule has 0 spiro atoms. The molecule has 0 atom stereocenters. The molecule has 0 aliphatic carbocycles. The Morgan fingerprint density at radius 3 is 2.00 bits per heavy atom. The lowest BCUT2D eigenvalue weighted by molar-refractivity contribution is 0.0541. The molecule has 18 heavy (non-hydrogen) atoms. The van der Waals surface area contributed by atoms with E-state index in [-0.39, 0.29) is 0 Å². The summed E-state index contributed by atoms with van der Waals surface area (Å²) in [5, 5.41) is 3.49. The maximum Gasteiger partial charge on any atom is 0.00363 e. The molecule has 2 rings (SSSR count). The predicted molar refractivity (Wildman–Crippen MR) is 78.9 cm³/mol. The van der Waals surface area contributed by atoms with Crippen LogP contribution in [-0.4, -0.2) is 37.6 Å². The summed E-state index contributed by atoms with van der Waals surface area (Å²) >= 11 is 0. The fraction of sp³-hybridized carbons (Fsp3) is 1.00. The van der Waals surface area contributed by atoms with E-state index < -0.39 is 0 Å². The maximum absolute atomic E-state index is 3.49. The van der Waals surface area contributed by atoms with Gasteiger partial charge in [-0.15, -0.1) is 0 Å². The standard InChI is InChI=1S/C16H32N2/c1-4-16(5-2)8-12-18(13-9-16)14-15(3)6-10-17-11-7-15/h17H,4-14H2,1-3H3. The van der Waals surface area contributed by atoms with Crippen LogP contribution < -0.4 is 5.32 Å². The van der Waals surface area contributed by atoms with Crippen molar-refractivity contribution >= 4 is 0 Å². The van der Waals surface area contributed by atoms with E-state index >= 15 is 0 Å². The minimum atomic E-state index is 0.573. The Kier molecular flexibility index (Phi) is 4.71. The van der Waals surface area contributed by atoms with Gasteiger partial charge in [0.15, 0.2) is 0 Å². The van der Waals surface area contributed by atoms with Gasteiger partial charge in [0.25, 0.3) is 0 Å². The van der Waals surface area contributed by atoms with E-state index in [0.29, 0.717) is 10.8 Å². The Bertz CT molecular complexity index is 242. The van der Waals surface area contributed by atoms with Crippen LogP contribution in [0.1, 0.15) is 59.3 Å². The van der Waals surface area contributed by atoms with Gasteiger partial charge in [0.05, 0.1) is 0 Å². The molecule has 0 radical (unpaired) electrons. The van der Waals surface area contributed by atoms with Crippen LogP contribution in [0.25, 0.3) is 0 Å². The van der Waals surface area contributed by atoms with Gasteiger partial charge in [-0.2, -0.15) is 0 Å². The lowest BCUT2D eigenvalue weighted by Gasteiger charge is -2.45. The quantitative estimate of drug-likeness (QED) is 0.826. The first-order valence-electron chi connectivity index (χ1n) is 8.04. The topological polar surface area (TPSA) is 15.3 Å². The highest BCUT2D eigenvalue weighted by Gasteiger charge is 2.34. The first kappa shape index (κ1) is 14.3. The van der Waals surface area contributed by atoms with Gasteiger partial charge in [0.2, 0.25) is 0 Å². The van der Waals surface area contributed by atoms with Gasteiger partial charge >= 0.3 is 0 Å². The van der Waals surface area contributed by atoms with E-state index in [2.05, 4.69) is 31.0 Å². The zero-order chi connectivity index (χ0) is 13.1. The highest BCUT2D eigenvalue weighted by molar-refractivity contribution is 4.88. The van der Waals surface area contributed by atoms with Crippen LogP contribution >= 0.6 is 0 Å². The normalized spacial score (nSPS) is 28.2. The van der Waals surface area contributed by atoms with Crippen molar-refractivity contribution in [3.63, 3.8) is 0 Å². The van der Waals surface area contributed by atoms with Crippen LogP contribution in [0.15, 0.2) is 0 Å². The average Bonchev–Trinajstić information content (AvgIpc) is 2.40. The Morgan fingerprint density at radius 2 is 1.50 bits per heavy atom. The van der Waals surface area contributed by atoms with E-state index in [1.807, 2.05) is 0 Å². The monoisotopic (exact) mass is 252 g/mol. The van der Waals surface area contributed by atoms with Crippen LogP contribution in [-0.2, 0) is 0 Å². The summed E-state index contributed by atoms with van der Waals surface area (Å²) in [6, 6.07) is 0. The molecular weight excluding hydrogens is 220 g/mol. The van der Waals surface area contributed by atoms with Gasteiger partial charge in [-0.25, -0.2) is 0 Å². The molecule has 0 aromatic carbocycles. The average molecular weight is 252 g/mol. The van der Waals surface area contributed by atoms with E-state index in [0.717, 1.165) is 0 Å². The second-order valence-electron chi connectivity index (χ2n) is 7.04. The van der Waals surface area contributed by atoms with Crippen molar-refractivity contribution < 1.29 is 0 Å². The predicted octanol–water partition coefficient (Wildman–Crippen LogP) is 3.28. The summed E-state index contributed by atoms with van der Waals surface area (Å²) in [6.07, 6.45) is 8.31. The van der Waals surface area contributed by atoms with Crippen molar-refractivity contribution in [2.75, 3.05) is 32.7 Å². The third kappa shape index (κ3) is 3.27. The Morgan fingerprint density at radius 1 is 0.944 bits per heavy atom. The van der Waals surface area contributed by atoms with Crippen molar-refractivity contribution in [3.05, 3.63) is 0 Å². The molecule has 2 aliphatic rings. The van der Waals surface area contributed by atoms with E-state index in [1.165, 1.54) is 71.2 Å². The van der Waals surface area contributed by atoms with Crippen molar-refractivity contribution in [3.8, 4) is 0 Å². The number of hydrogen-bond acceptors (Lipinski definition) is 2. The van der Waals surface area contributed by atoms with Crippen LogP contribution in [0.3, 0.4) is 0 Å². The van der Waals surface area contributed by atoms with E-state index in [4.69, 9.17) is 0 Å². The summed E-state index contributed by atoms with van der Waals surface area (Å²) in [6.45, 7) is 13.7. The summed E-state index contributed by atoms with van der Waals surface area (Å²) in [7, 11) is 0. The van der Waals surface area contributed by atoms with Gasteiger partial charge in [0.1, 0.15) is 0 Å². The number of piperidine rings is 2. The number of nitrogens with one attached hydrogen (secondary N) is 1. The zero-order valence-electron chi connectivity index (χ0n) is 12.7. The number of rotatable bonds is 4. The lowest BCUT2D eigenvalue weighted by Crippen LogP contribution is -2.47. The van der Waals surface area contributed by atoms with E-state index in [1.54, 1.807) is 0 Å². The summed E-state index contributed by atoms with van der Waals surface area (Å²) in [5.41, 5.74) is 1.25. The Labute approximate surface area is 114 Å². The fourth-order valence-electron chi connectivity index (χ4n) is 3.87. The molecule has 0 saturated carbocycles. The molecule has 106 valence electrons. The molecule has 1 N–H and O–H groups in total. The molecule has 0 amide bonds.